The molecule has 3 rings (SSSR count). The molecule has 2 aliphatic rings. The normalized spacial score (nSPS) is 25.1. The van der Waals surface area contributed by atoms with Gasteiger partial charge in [-0.2, -0.15) is 0 Å². The van der Waals surface area contributed by atoms with E-state index in [2.05, 4.69) is 34.8 Å². The van der Waals surface area contributed by atoms with Gasteiger partial charge in [0.1, 0.15) is 0 Å². The Morgan fingerprint density at radius 2 is 1.96 bits per heavy atom. The lowest BCUT2D eigenvalue weighted by atomic mass is 9.82. The number of hydrogen-bond donors (Lipinski definition) is 1. The molecule has 1 N–H and O–H groups in total. The van der Waals surface area contributed by atoms with Crippen molar-refractivity contribution in [3.8, 4) is 0 Å². The van der Waals surface area contributed by atoms with Gasteiger partial charge >= 0.3 is 0 Å². The van der Waals surface area contributed by atoms with Gasteiger partial charge in [-0.25, -0.2) is 0 Å². The highest BCUT2D eigenvalue weighted by molar-refractivity contribution is 5.77. The average molecular weight is 318 g/mol. The molecule has 4 nitrogen and oxygen atoms in total. The summed E-state index contributed by atoms with van der Waals surface area (Å²) in [7, 11) is 2.05. The molecular weight excluding hydrogens is 288 g/mol. The lowest BCUT2D eigenvalue weighted by molar-refractivity contribution is -0.140. The second-order valence-electron chi connectivity index (χ2n) is 7.46. The summed E-state index contributed by atoms with van der Waals surface area (Å²) in [5.74, 6) is 0.141. The number of carbonyl (C=O) groups is 1. The molecule has 1 aliphatic heterocycles. The summed E-state index contributed by atoms with van der Waals surface area (Å²) < 4.78 is 2.13. The van der Waals surface area contributed by atoms with Crippen LogP contribution in [0.4, 0.5) is 0 Å². The van der Waals surface area contributed by atoms with E-state index in [1.54, 1.807) is 0 Å². The van der Waals surface area contributed by atoms with Crippen molar-refractivity contribution < 1.29 is 9.90 Å². The second kappa shape index (κ2) is 7.08. The van der Waals surface area contributed by atoms with Crippen LogP contribution in [-0.4, -0.2) is 32.6 Å². The first-order chi connectivity index (χ1) is 11.1. The van der Waals surface area contributed by atoms with E-state index in [4.69, 9.17) is 0 Å². The van der Waals surface area contributed by atoms with Gasteiger partial charge in [0.25, 0.3) is 0 Å². The zero-order valence-electron chi connectivity index (χ0n) is 14.3. The molecule has 0 aromatic carbocycles. The Balaban J connectivity index is 1.76. The van der Waals surface area contributed by atoms with Crippen molar-refractivity contribution in [1.29, 1.82) is 0 Å². The van der Waals surface area contributed by atoms with Crippen LogP contribution >= 0.6 is 0 Å². The quantitative estimate of drug-likeness (QED) is 0.926. The third kappa shape index (κ3) is 3.79. The summed E-state index contributed by atoms with van der Waals surface area (Å²) in [6, 6.07) is 4.35. The van der Waals surface area contributed by atoms with Gasteiger partial charge < -0.3 is 14.6 Å². The SMILES string of the molecule is Cn1cccc1C1CCCCCN1C(=O)CC1(O)CCCCC1. The van der Waals surface area contributed by atoms with E-state index in [0.29, 0.717) is 6.42 Å². The number of hydrogen-bond acceptors (Lipinski definition) is 2. The number of rotatable bonds is 3. The van der Waals surface area contributed by atoms with Crippen LogP contribution in [0.25, 0.3) is 0 Å². The van der Waals surface area contributed by atoms with Crippen LogP contribution in [0.2, 0.25) is 0 Å². The topological polar surface area (TPSA) is 45.5 Å². The van der Waals surface area contributed by atoms with Crippen molar-refractivity contribution in [2.45, 2.75) is 75.9 Å². The molecule has 23 heavy (non-hydrogen) atoms. The van der Waals surface area contributed by atoms with Gasteiger partial charge in [0.15, 0.2) is 0 Å². The van der Waals surface area contributed by atoms with Gasteiger partial charge in [0.05, 0.1) is 18.1 Å². The van der Waals surface area contributed by atoms with Gasteiger partial charge in [0, 0.05) is 25.5 Å². The van der Waals surface area contributed by atoms with Crippen LogP contribution in [0.15, 0.2) is 18.3 Å². The molecule has 2 heterocycles. The third-order valence-electron chi connectivity index (χ3n) is 5.66. The molecule has 1 aliphatic carbocycles. The maximum atomic E-state index is 13.0. The number of aryl methyl sites for hydroxylation is 1. The number of nitrogens with zero attached hydrogens (tertiary/aromatic N) is 2. The Bertz CT molecular complexity index is 531. The van der Waals surface area contributed by atoms with Crippen molar-refractivity contribution in [3.63, 3.8) is 0 Å². The molecule has 1 unspecified atom stereocenters. The van der Waals surface area contributed by atoms with E-state index in [-0.39, 0.29) is 11.9 Å². The molecule has 1 atom stereocenters. The van der Waals surface area contributed by atoms with E-state index in [1.807, 2.05) is 0 Å². The lowest BCUT2D eigenvalue weighted by Crippen LogP contribution is -2.42. The van der Waals surface area contributed by atoms with Crippen molar-refractivity contribution in [2.24, 2.45) is 7.05 Å². The summed E-state index contributed by atoms with van der Waals surface area (Å²) in [6.45, 7) is 0.824. The summed E-state index contributed by atoms with van der Waals surface area (Å²) in [6.07, 6.45) is 11.7. The molecule has 0 bridgehead atoms. The summed E-state index contributed by atoms with van der Waals surface area (Å²) in [4.78, 5) is 15.0. The smallest absolute Gasteiger partial charge is 0.226 e. The van der Waals surface area contributed by atoms with Crippen LogP contribution < -0.4 is 0 Å². The molecular formula is C19H30N2O2. The maximum Gasteiger partial charge on any atom is 0.226 e. The second-order valence-corrected chi connectivity index (χ2v) is 7.46. The van der Waals surface area contributed by atoms with Crippen molar-refractivity contribution in [2.75, 3.05) is 6.54 Å². The first-order valence-electron chi connectivity index (χ1n) is 9.22. The minimum Gasteiger partial charge on any atom is -0.389 e. The minimum atomic E-state index is -0.763. The maximum absolute atomic E-state index is 13.0. The predicted molar refractivity (Wildman–Crippen MR) is 91.0 cm³/mol. The van der Waals surface area contributed by atoms with Crippen molar-refractivity contribution in [3.05, 3.63) is 24.0 Å². The molecule has 1 aromatic heterocycles. The van der Waals surface area contributed by atoms with Crippen LogP contribution in [0, 0.1) is 0 Å². The third-order valence-corrected chi connectivity index (χ3v) is 5.66. The molecule has 1 aromatic rings. The van der Waals surface area contributed by atoms with Gasteiger partial charge in [-0.05, 0) is 37.8 Å². The summed E-state index contributed by atoms with van der Waals surface area (Å²) >= 11 is 0. The Morgan fingerprint density at radius 1 is 1.22 bits per heavy atom. The molecule has 0 radical (unpaired) electrons. The van der Waals surface area contributed by atoms with Gasteiger partial charge in [-0.1, -0.05) is 32.1 Å². The van der Waals surface area contributed by atoms with E-state index >= 15 is 0 Å². The Hall–Kier alpha value is -1.29. The largest absolute Gasteiger partial charge is 0.389 e. The number of aromatic nitrogens is 1. The summed E-state index contributed by atoms with van der Waals surface area (Å²) in [5.41, 5.74) is 0.455. The van der Waals surface area contributed by atoms with Gasteiger partial charge in [-0.15, -0.1) is 0 Å². The fourth-order valence-electron chi connectivity index (χ4n) is 4.30. The summed E-state index contributed by atoms with van der Waals surface area (Å²) in [5, 5.41) is 10.8. The first kappa shape index (κ1) is 16.6. The van der Waals surface area contributed by atoms with Gasteiger partial charge in [0.2, 0.25) is 5.91 Å². The van der Waals surface area contributed by atoms with Gasteiger partial charge in [-0.3, -0.25) is 4.79 Å². The van der Waals surface area contributed by atoms with Crippen LogP contribution in [0.3, 0.4) is 0 Å². The van der Waals surface area contributed by atoms with Crippen LogP contribution in [0.1, 0.15) is 75.9 Å². The zero-order chi connectivity index (χ0) is 16.3. The van der Waals surface area contributed by atoms with Crippen LogP contribution in [-0.2, 0) is 11.8 Å². The molecule has 2 fully saturated rings. The fraction of sp³-hybridized carbons (Fsp3) is 0.737. The molecule has 1 amide bonds. The molecule has 4 heteroatoms. The number of aliphatic hydroxyl groups is 1. The Morgan fingerprint density at radius 3 is 2.65 bits per heavy atom. The molecule has 0 spiro atoms. The van der Waals surface area contributed by atoms with E-state index < -0.39 is 5.60 Å². The lowest BCUT2D eigenvalue weighted by Gasteiger charge is -2.36. The number of carbonyl (C=O) groups excluding carboxylic acids is 1. The van der Waals surface area contributed by atoms with E-state index in [0.717, 1.165) is 45.1 Å². The van der Waals surface area contributed by atoms with E-state index in [1.165, 1.54) is 25.0 Å². The first-order valence-corrected chi connectivity index (χ1v) is 9.22. The number of likely N-dealkylation sites (tertiary alicyclic amines) is 1. The average Bonchev–Trinajstić information content (AvgIpc) is 2.81. The zero-order valence-corrected chi connectivity index (χ0v) is 14.3. The van der Waals surface area contributed by atoms with E-state index in [9.17, 15) is 9.90 Å². The Kier molecular flexibility index (Phi) is 5.10. The highest BCUT2D eigenvalue weighted by atomic mass is 16.3. The monoisotopic (exact) mass is 318 g/mol. The highest BCUT2D eigenvalue weighted by Crippen LogP contribution is 2.35. The van der Waals surface area contributed by atoms with Crippen LogP contribution in [0.5, 0.6) is 0 Å². The molecule has 1 saturated heterocycles. The Labute approximate surface area is 139 Å². The molecule has 1 saturated carbocycles. The highest BCUT2D eigenvalue weighted by Gasteiger charge is 2.36. The van der Waals surface area contributed by atoms with Crippen molar-refractivity contribution >= 4 is 5.91 Å². The fourth-order valence-corrected chi connectivity index (χ4v) is 4.30. The minimum absolute atomic E-state index is 0.141. The predicted octanol–water partition coefficient (Wildman–Crippen LogP) is 3.55. The molecule has 128 valence electrons. The number of amides is 1. The van der Waals surface area contributed by atoms with Crippen molar-refractivity contribution in [1.82, 2.24) is 9.47 Å². The standard InChI is InChI=1S/C19H30N2O2/c1-20-13-8-10-16(20)17-9-4-2-7-14-21(17)18(22)15-19(23)11-5-3-6-12-19/h8,10,13,17,23H,2-7,9,11-12,14-15H2,1H3.